The average Bonchev–Trinajstić information content (AvgIpc) is 2.72. The zero-order valence-electron chi connectivity index (χ0n) is 20.2. The summed E-state index contributed by atoms with van der Waals surface area (Å²) in [6.45, 7) is 12.5. The van der Waals surface area contributed by atoms with E-state index in [1.807, 2.05) is 0 Å². The van der Waals surface area contributed by atoms with E-state index in [0.717, 1.165) is 44.3 Å². The highest BCUT2D eigenvalue weighted by molar-refractivity contribution is 5.69. The van der Waals surface area contributed by atoms with Crippen LogP contribution in [0.3, 0.4) is 0 Å². The van der Waals surface area contributed by atoms with Gasteiger partial charge in [0.2, 0.25) is 0 Å². The van der Waals surface area contributed by atoms with Gasteiger partial charge in [-0.15, -0.1) is 0 Å². The maximum absolute atomic E-state index is 13.1. The first-order chi connectivity index (χ1) is 14.9. The SMILES string of the molecule is CC(C)CCN(CCC(C)C)[C@@H]1CC[C@@H](C(C)C(=O)O)C[C@H]1c1ccc(C(F)(F)F)cc1. The lowest BCUT2D eigenvalue weighted by atomic mass is 9.70. The number of benzene rings is 1. The Balaban J connectivity index is 2.35. The molecule has 4 atom stereocenters. The van der Waals surface area contributed by atoms with E-state index in [1.54, 1.807) is 19.1 Å². The number of hydrogen-bond donors (Lipinski definition) is 1. The fourth-order valence-corrected chi connectivity index (χ4v) is 4.85. The maximum atomic E-state index is 13.1. The largest absolute Gasteiger partial charge is 0.481 e. The summed E-state index contributed by atoms with van der Waals surface area (Å²) >= 11 is 0. The number of carboxylic acids is 1. The van der Waals surface area contributed by atoms with Crippen LogP contribution in [0.2, 0.25) is 0 Å². The van der Waals surface area contributed by atoms with Crippen LogP contribution in [0, 0.1) is 23.7 Å². The van der Waals surface area contributed by atoms with Gasteiger partial charge in [0.1, 0.15) is 0 Å². The molecule has 0 aliphatic heterocycles. The smallest absolute Gasteiger partial charge is 0.416 e. The second-order valence-electron chi connectivity index (χ2n) is 10.4. The van der Waals surface area contributed by atoms with Crippen LogP contribution < -0.4 is 0 Å². The Hall–Kier alpha value is -1.56. The predicted molar refractivity (Wildman–Crippen MR) is 123 cm³/mol. The highest BCUT2D eigenvalue weighted by Crippen LogP contribution is 2.43. The summed E-state index contributed by atoms with van der Waals surface area (Å²) in [6, 6.07) is 5.78. The molecule has 32 heavy (non-hydrogen) atoms. The van der Waals surface area contributed by atoms with Gasteiger partial charge in [0.15, 0.2) is 0 Å². The third-order valence-corrected chi connectivity index (χ3v) is 7.07. The summed E-state index contributed by atoms with van der Waals surface area (Å²) in [5.74, 6) is -0.0251. The lowest BCUT2D eigenvalue weighted by Crippen LogP contribution is -2.45. The third kappa shape index (κ3) is 7.50. The van der Waals surface area contributed by atoms with Gasteiger partial charge in [0.05, 0.1) is 11.5 Å². The first kappa shape index (κ1) is 26.7. The van der Waals surface area contributed by atoms with Gasteiger partial charge < -0.3 is 5.11 Å². The van der Waals surface area contributed by atoms with Gasteiger partial charge in [-0.3, -0.25) is 9.69 Å². The number of carboxylic acid groups (broad SMARTS) is 1. The Morgan fingerprint density at radius 3 is 1.97 bits per heavy atom. The molecule has 0 bridgehead atoms. The molecule has 0 aromatic heterocycles. The standard InChI is InChI=1S/C26H40F3NO2/c1-17(2)12-14-30(15-13-18(3)4)24-11-8-21(19(5)25(31)32)16-23(24)20-6-9-22(10-7-20)26(27,28)29/h6-7,9-10,17-19,21,23-24H,8,11-16H2,1-5H3,(H,31,32)/t19?,21-,23+,24-/m1/s1. The van der Waals surface area contributed by atoms with Crippen LogP contribution >= 0.6 is 0 Å². The summed E-state index contributed by atoms with van der Waals surface area (Å²) in [5, 5.41) is 9.55. The maximum Gasteiger partial charge on any atom is 0.416 e. The third-order valence-electron chi connectivity index (χ3n) is 7.07. The topological polar surface area (TPSA) is 40.5 Å². The normalized spacial score (nSPS) is 23.2. The molecular formula is C26H40F3NO2. The van der Waals surface area contributed by atoms with Crippen LogP contribution in [0.4, 0.5) is 13.2 Å². The molecule has 0 radical (unpaired) electrons. The predicted octanol–water partition coefficient (Wildman–Crippen LogP) is 7.07. The molecule has 2 rings (SSSR count). The summed E-state index contributed by atoms with van der Waals surface area (Å²) in [5.41, 5.74) is 0.255. The van der Waals surface area contributed by atoms with Gasteiger partial charge in [0.25, 0.3) is 0 Å². The highest BCUT2D eigenvalue weighted by Gasteiger charge is 2.39. The molecule has 3 nitrogen and oxygen atoms in total. The van der Waals surface area contributed by atoms with E-state index >= 15 is 0 Å². The highest BCUT2D eigenvalue weighted by atomic mass is 19.4. The van der Waals surface area contributed by atoms with Crippen molar-refractivity contribution in [3.05, 3.63) is 35.4 Å². The lowest BCUT2D eigenvalue weighted by molar-refractivity contribution is -0.143. The van der Waals surface area contributed by atoms with Crippen LogP contribution in [-0.4, -0.2) is 35.1 Å². The monoisotopic (exact) mass is 455 g/mol. The quantitative estimate of drug-likeness (QED) is 0.410. The van der Waals surface area contributed by atoms with Crippen LogP contribution in [0.25, 0.3) is 0 Å². The van der Waals surface area contributed by atoms with Gasteiger partial charge in [-0.1, -0.05) is 46.8 Å². The van der Waals surface area contributed by atoms with E-state index in [9.17, 15) is 23.1 Å². The molecular weight excluding hydrogens is 415 g/mol. The molecule has 1 saturated carbocycles. The van der Waals surface area contributed by atoms with Crippen molar-refractivity contribution in [1.82, 2.24) is 4.90 Å². The van der Waals surface area contributed by atoms with E-state index in [1.165, 1.54) is 12.1 Å². The Bertz CT molecular complexity index is 703. The molecule has 182 valence electrons. The second kappa shape index (κ2) is 11.5. The van der Waals surface area contributed by atoms with E-state index in [4.69, 9.17) is 0 Å². The minimum Gasteiger partial charge on any atom is -0.481 e. The van der Waals surface area contributed by atoms with Crippen molar-refractivity contribution in [2.24, 2.45) is 23.7 Å². The zero-order chi connectivity index (χ0) is 24.1. The van der Waals surface area contributed by atoms with Crippen LogP contribution in [0.5, 0.6) is 0 Å². The molecule has 0 heterocycles. The Morgan fingerprint density at radius 1 is 1.00 bits per heavy atom. The van der Waals surface area contributed by atoms with Gasteiger partial charge in [-0.2, -0.15) is 13.2 Å². The average molecular weight is 456 g/mol. The van der Waals surface area contributed by atoms with E-state index in [-0.39, 0.29) is 17.9 Å². The Morgan fingerprint density at radius 2 is 1.53 bits per heavy atom. The molecule has 1 aliphatic carbocycles. The van der Waals surface area contributed by atoms with Gasteiger partial charge in [-0.25, -0.2) is 0 Å². The van der Waals surface area contributed by atoms with Crippen molar-refractivity contribution in [2.45, 2.75) is 84.9 Å². The van der Waals surface area contributed by atoms with Crippen LogP contribution in [0.15, 0.2) is 24.3 Å². The molecule has 1 aliphatic rings. The van der Waals surface area contributed by atoms with Gasteiger partial charge in [-0.05, 0) is 86.6 Å². The molecule has 0 amide bonds. The number of hydrogen-bond acceptors (Lipinski definition) is 2. The molecule has 1 aromatic rings. The van der Waals surface area contributed by atoms with Crippen molar-refractivity contribution in [3.8, 4) is 0 Å². The van der Waals surface area contributed by atoms with Gasteiger partial charge in [0, 0.05) is 6.04 Å². The first-order valence-corrected chi connectivity index (χ1v) is 12.0. The molecule has 0 spiro atoms. The Labute approximate surface area is 191 Å². The molecule has 1 unspecified atom stereocenters. The molecule has 1 aromatic carbocycles. The van der Waals surface area contributed by atoms with Crippen molar-refractivity contribution in [1.29, 1.82) is 0 Å². The molecule has 1 fully saturated rings. The summed E-state index contributed by atoms with van der Waals surface area (Å²) < 4.78 is 39.3. The number of halogens is 3. The lowest BCUT2D eigenvalue weighted by Gasteiger charge is -2.44. The van der Waals surface area contributed by atoms with Crippen LogP contribution in [0.1, 0.15) is 83.8 Å². The van der Waals surface area contributed by atoms with Crippen LogP contribution in [-0.2, 0) is 11.0 Å². The molecule has 0 saturated heterocycles. The number of alkyl halides is 3. The van der Waals surface area contributed by atoms with E-state index in [0.29, 0.717) is 18.3 Å². The summed E-state index contributed by atoms with van der Waals surface area (Å²) in [7, 11) is 0. The number of aliphatic carboxylic acids is 1. The molecule has 1 N–H and O–H groups in total. The fourth-order valence-electron chi connectivity index (χ4n) is 4.85. The van der Waals surface area contributed by atoms with Crippen molar-refractivity contribution in [3.63, 3.8) is 0 Å². The van der Waals surface area contributed by atoms with E-state index < -0.39 is 23.6 Å². The number of nitrogens with zero attached hydrogens (tertiary/aromatic N) is 1. The minimum atomic E-state index is -4.36. The van der Waals surface area contributed by atoms with Crippen molar-refractivity contribution in [2.75, 3.05) is 13.1 Å². The Kier molecular flexibility index (Phi) is 9.62. The minimum absolute atomic E-state index is 0.0353. The zero-order valence-corrected chi connectivity index (χ0v) is 20.2. The number of carbonyl (C=O) groups is 1. The van der Waals surface area contributed by atoms with Gasteiger partial charge >= 0.3 is 12.1 Å². The van der Waals surface area contributed by atoms with Crippen molar-refractivity contribution < 1.29 is 23.1 Å². The number of rotatable bonds is 10. The summed E-state index contributed by atoms with van der Waals surface area (Å²) in [4.78, 5) is 14.2. The fraction of sp³-hybridized carbons (Fsp3) is 0.731. The molecule has 6 heteroatoms. The first-order valence-electron chi connectivity index (χ1n) is 12.0. The second-order valence-corrected chi connectivity index (χ2v) is 10.4. The summed E-state index contributed by atoms with van der Waals surface area (Å²) in [6.07, 6.45) is 0.209. The van der Waals surface area contributed by atoms with E-state index in [2.05, 4.69) is 32.6 Å². The van der Waals surface area contributed by atoms with Crippen molar-refractivity contribution >= 4 is 5.97 Å².